The second-order valence-electron chi connectivity index (χ2n) is 5.04. The predicted octanol–water partition coefficient (Wildman–Crippen LogP) is 3.90. The summed E-state index contributed by atoms with van der Waals surface area (Å²) >= 11 is 3.47. The van der Waals surface area contributed by atoms with Crippen LogP contribution in [-0.4, -0.2) is 6.54 Å². The molecule has 0 bridgehead atoms. The first-order valence-electron chi connectivity index (χ1n) is 6.19. The molecule has 0 radical (unpaired) electrons. The second-order valence-corrected chi connectivity index (χ2v) is 5.95. The van der Waals surface area contributed by atoms with Gasteiger partial charge in [-0.2, -0.15) is 0 Å². The van der Waals surface area contributed by atoms with Gasteiger partial charge in [0.1, 0.15) is 0 Å². The highest BCUT2D eigenvalue weighted by atomic mass is 79.9. The summed E-state index contributed by atoms with van der Waals surface area (Å²) in [7, 11) is 0. The monoisotopic (exact) mass is 281 g/mol. The van der Waals surface area contributed by atoms with E-state index in [-0.39, 0.29) is 0 Å². The van der Waals surface area contributed by atoms with Gasteiger partial charge in [-0.1, -0.05) is 40.9 Å². The van der Waals surface area contributed by atoms with E-state index in [4.69, 9.17) is 5.73 Å². The van der Waals surface area contributed by atoms with E-state index in [1.165, 1.54) is 44.1 Å². The normalized spacial score (nSPS) is 18.9. The fourth-order valence-electron chi connectivity index (χ4n) is 2.74. The van der Waals surface area contributed by atoms with Gasteiger partial charge in [-0.25, -0.2) is 0 Å². The quantitative estimate of drug-likeness (QED) is 0.890. The van der Waals surface area contributed by atoms with Gasteiger partial charge in [0.25, 0.3) is 0 Å². The maximum absolute atomic E-state index is 5.95. The van der Waals surface area contributed by atoms with Crippen LogP contribution in [0.15, 0.2) is 28.7 Å². The van der Waals surface area contributed by atoms with Gasteiger partial charge in [-0.15, -0.1) is 0 Å². The Balaban J connectivity index is 1.93. The number of rotatable bonds is 4. The number of nitrogens with two attached hydrogens (primary N) is 1. The molecule has 1 aliphatic carbocycles. The van der Waals surface area contributed by atoms with Gasteiger partial charge in [-0.3, -0.25) is 0 Å². The fourth-order valence-corrected chi connectivity index (χ4v) is 3.01. The van der Waals surface area contributed by atoms with Crippen molar-refractivity contribution in [3.8, 4) is 0 Å². The molecule has 1 saturated carbocycles. The van der Waals surface area contributed by atoms with Crippen LogP contribution in [0.2, 0.25) is 0 Å². The SMILES string of the molecule is NCC1(CCc2ccc(Br)cc2)CCCC1. The largest absolute Gasteiger partial charge is 0.330 e. The lowest BCUT2D eigenvalue weighted by Gasteiger charge is -2.27. The summed E-state index contributed by atoms with van der Waals surface area (Å²) < 4.78 is 1.16. The molecular formula is C14H20BrN. The van der Waals surface area contributed by atoms with Crippen molar-refractivity contribution in [3.05, 3.63) is 34.3 Å². The first kappa shape index (κ1) is 12.1. The summed E-state index contributed by atoms with van der Waals surface area (Å²) in [6, 6.07) is 8.67. The molecule has 2 rings (SSSR count). The minimum atomic E-state index is 0.451. The summed E-state index contributed by atoms with van der Waals surface area (Å²) in [4.78, 5) is 0. The molecule has 2 N–H and O–H groups in total. The predicted molar refractivity (Wildman–Crippen MR) is 72.4 cm³/mol. The van der Waals surface area contributed by atoms with E-state index >= 15 is 0 Å². The Hall–Kier alpha value is -0.340. The highest BCUT2D eigenvalue weighted by molar-refractivity contribution is 9.10. The van der Waals surface area contributed by atoms with Gasteiger partial charge in [0.05, 0.1) is 0 Å². The van der Waals surface area contributed by atoms with Gasteiger partial charge >= 0.3 is 0 Å². The van der Waals surface area contributed by atoms with E-state index in [0.717, 1.165) is 11.0 Å². The standard InChI is InChI=1S/C14H20BrN/c15-13-5-3-12(4-6-13)7-10-14(11-16)8-1-2-9-14/h3-6H,1-2,7-11,16H2. The number of hydrogen-bond acceptors (Lipinski definition) is 1. The highest BCUT2D eigenvalue weighted by Crippen LogP contribution is 2.40. The molecule has 0 saturated heterocycles. The Morgan fingerprint density at radius 2 is 1.75 bits per heavy atom. The van der Waals surface area contributed by atoms with Gasteiger partial charge in [-0.05, 0) is 55.3 Å². The summed E-state index contributed by atoms with van der Waals surface area (Å²) in [6.07, 6.45) is 7.84. The maximum atomic E-state index is 5.95. The zero-order chi connectivity index (χ0) is 11.4. The van der Waals surface area contributed by atoms with Crippen molar-refractivity contribution >= 4 is 15.9 Å². The number of hydrogen-bond donors (Lipinski definition) is 1. The van der Waals surface area contributed by atoms with Crippen molar-refractivity contribution in [1.29, 1.82) is 0 Å². The van der Waals surface area contributed by atoms with Crippen molar-refractivity contribution in [2.75, 3.05) is 6.54 Å². The molecule has 2 heteroatoms. The van der Waals surface area contributed by atoms with Crippen molar-refractivity contribution < 1.29 is 0 Å². The lowest BCUT2D eigenvalue weighted by Crippen LogP contribution is -2.27. The molecule has 1 nitrogen and oxygen atoms in total. The van der Waals surface area contributed by atoms with Crippen LogP contribution < -0.4 is 5.73 Å². The molecule has 0 spiro atoms. The summed E-state index contributed by atoms with van der Waals surface area (Å²) in [6.45, 7) is 0.865. The number of aryl methyl sites for hydroxylation is 1. The van der Waals surface area contributed by atoms with Crippen LogP contribution in [0.3, 0.4) is 0 Å². The minimum absolute atomic E-state index is 0.451. The van der Waals surface area contributed by atoms with E-state index in [0.29, 0.717) is 5.41 Å². The summed E-state index contributed by atoms with van der Waals surface area (Å²) in [5, 5.41) is 0. The summed E-state index contributed by atoms with van der Waals surface area (Å²) in [5.74, 6) is 0. The molecular weight excluding hydrogens is 262 g/mol. The zero-order valence-corrected chi connectivity index (χ0v) is 11.3. The maximum Gasteiger partial charge on any atom is 0.0175 e. The highest BCUT2D eigenvalue weighted by Gasteiger charge is 2.31. The van der Waals surface area contributed by atoms with Crippen LogP contribution in [0.1, 0.15) is 37.7 Å². The first-order valence-corrected chi connectivity index (χ1v) is 6.98. The topological polar surface area (TPSA) is 26.0 Å². The Morgan fingerprint density at radius 3 is 2.31 bits per heavy atom. The van der Waals surface area contributed by atoms with Crippen molar-refractivity contribution in [1.82, 2.24) is 0 Å². The van der Waals surface area contributed by atoms with E-state index in [1.807, 2.05) is 0 Å². The molecule has 0 amide bonds. The minimum Gasteiger partial charge on any atom is -0.330 e. The van der Waals surface area contributed by atoms with Gasteiger partial charge < -0.3 is 5.73 Å². The molecule has 0 unspecified atom stereocenters. The lowest BCUT2D eigenvalue weighted by atomic mass is 9.80. The molecule has 1 aromatic carbocycles. The Labute approximate surface area is 107 Å². The fraction of sp³-hybridized carbons (Fsp3) is 0.571. The van der Waals surface area contributed by atoms with Crippen molar-refractivity contribution in [2.24, 2.45) is 11.1 Å². The van der Waals surface area contributed by atoms with Gasteiger partial charge in [0.15, 0.2) is 0 Å². The van der Waals surface area contributed by atoms with Crippen LogP contribution >= 0.6 is 15.9 Å². The van der Waals surface area contributed by atoms with E-state index in [9.17, 15) is 0 Å². The Kier molecular flexibility index (Phi) is 4.04. The molecule has 1 aliphatic rings. The molecule has 16 heavy (non-hydrogen) atoms. The number of halogens is 1. The van der Waals surface area contributed by atoms with Crippen LogP contribution in [0.25, 0.3) is 0 Å². The van der Waals surface area contributed by atoms with E-state index in [2.05, 4.69) is 40.2 Å². The van der Waals surface area contributed by atoms with Crippen LogP contribution in [0, 0.1) is 5.41 Å². The van der Waals surface area contributed by atoms with Crippen molar-refractivity contribution in [3.63, 3.8) is 0 Å². The lowest BCUT2D eigenvalue weighted by molar-refractivity contribution is 0.283. The molecule has 1 fully saturated rings. The Morgan fingerprint density at radius 1 is 1.12 bits per heavy atom. The van der Waals surface area contributed by atoms with Gasteiger partial charge in [0.2, 0.25) is 0 Å². The van der Waals surface area contributed by atoms with Crippen LogP contribution in [-0.2, 0) is 6.42 Å². The summed E-state index contributed by atoms with van der Waals surface area (Å²) in [5.41, 5.74) is 7.83. The third-order valence-corrected chi connectivity index (χ3v) is 4.48. The molecule has 1 aromatic rings. The molecule has 0 atom stereocenters. The average Bonchev–Trinajstić information content (AvgIpc) is 2.78. The van der Waals surface area contributed by atoms with Gasteiger partial charge in [0, 0.05) is 4.47 Å². The second kappa shape index (κ2) is 5.33. The van der Waals surface area contributed by atoms with Crippen molar-refractivity contribution in [2.45, 2.75) is 38.5 Å². The molecule has 0 heterocycles. The average molecular weight is 282 g/mol. The zero-order valence-electron chi connectivity index (χ0n) is 9.71. The first-order chi connectivity index (χ1) is 7.74. The number of benzene rings is 1. The molecule has 0 aliphatic heterocycles. The smallest absolute Gasteiger partial charge is 0.0175 e. The van der Waals surface area contributed by atoms with Crippen LogP contribution in [0.4, 0.5) is 0 Å². The third kappa shape index (κ3) is 2.86. The Bertz CT molecular complexity index is 325. The van der Waals surface area contributed by atoms with Crippen LogP contribution in [0.5, 0.6) is 0 Å². The molecule has 88 valence electrons. The third-order valence-electron chi connectivity index (χ3n) is 3.95. The molecule has 0 aromatic heterocycles. The van der Waals surface area contributed by atoms with E-state index < -0.39 is 0 Å². The van der Waals surface area contributed by atoms with E-state index in [1.54, 1.807) is 0 Å².